The average molecular weight is 242 g/mol. The topological polar surface area (TPSA) is 26.3 Å². The fourth-order valence-electron chi connectivity index (χ4n) is 3.22. The summed E-state index contributed by atoms with van der Waals surface area (Å²) in [6, 6.07) is 8.17. The maximum absolute atomic E-state index is 12.0. The van der Waals surface area contributed by atoms with E-state index in [-0.39, 0.29) is 0 Å². The highest BCUT2D eigenvalue weighted by Gasteiger charge is 2.33. The van der Waals surface area contributed by atoms with E-state index < -0.39 is 0 Å². The number of carbonyl (C=O) groups excluding carboxylic acids is 1. The molecule has 0 N–H and O–H groups in total. The van der Waals surface area contributed by atoms with Gasteiger partial charge in [0.1, 0.15) is 5.75 Å². The van der Waals surface area contributed by atoms with Gasteiger partial charge < -0.3 is 4.74 Å². The first-order valence-corrected chi connectivity index (χ1v) is 6.68. The number of ketones is 1. The van der Waals surface area contributed by atoms with Crippen LogP contribution in [-0.4, -0.2) is 12.9 Å². The van der Waals surface area contributed by atoms with Crippen molar-refractivity contribution >= 4 is 5.78 Å². The molecule has 2 nitrogen and oxygen atoms in total. The van der Waals surface area contributed by atoms with Crippen molar-refractivity contribution in [1.29, 1.82) is 0 Å². The molecule has 1 aromatic rings. The van der Waals surface area contributed by atoms with Crippen LogP contribution in [-0.2, 0) is 4.79 Å². The van der Waals surface area contributed by atoms with Crippen molar-refractivity contribution in [2.75, 3.05) is 7.11 Å². The molecule has 0 saturated carbocycles. The van der Waals surface area contributed by atoms with E-state index in [0.717, 1.165) is 24.2 Å². The number of benzene rings is 1. The summed E-state index contributed by atoms with van der Waals surface area (Å²) in [6.45, 7) is 0. The van der Waals surface area contributed by atoms with Crippen LogP contribution in [0.25, 0.3) is 0 Å². The zero-order chi connectivity index (χ0) is 12.5. The highest BCUT2D eigenvalue weighted by molar-refractivity contribution is 6.00. The van der Waals surface area contributed by atoms with Crippen LogP contribution in [0.4, 0.5) is 0 Å². The molecule has 0 amide bonds. The van der Waals surface area contributed by atoms with Crippen LogP contribution in [0, 0.1) is 0 Å². The van der Waals surface area contributed by atoms with Crippen molar-refractivity contribution < 1.29 is 9.53 Å². The minimum absolute atomic E-state index is 0.332. The first-order valence-electron chi connectivity index (χ1n) is 6.68. The Morgan fingerprint density at radius 1 is 1.11 bits per heavy atom. The molecular weight excluding hydrogens is 224 g/mol. The van der Waals surface area contributed by atoms with Crippen LogP contribution in [0.5, 0.6) is 5.75 Å². The van der Waals surface area contributed by atoms with E-state index in [4.69, 9.17) is 4.74 Å². The third-order valence-electron chi connectivity index (χ3n) is 4.18. The van der Waals surface area contributed by atoms with E-state index >= 15 is 0 Å². The average Bonchev–Trinajstić information content (AvgIpc) is 2.77. The second-order valence-corrected chi connectivity index (χ2v) is 5.16. The lowest BCUT2D eigenvalue weighted by Gasteiger charge is -2.19. The summed E-state index contributed by atoms with van der Waals surface area (Å²) < 4.78 is 5.18. The number of rotatable bonds is 2. The van der Waals surface area contributed by atoms with Crippen molar-refractivity contribution in [2.45, 2.75) is 38.0 Å². The Morgan fingerprint density at radius 3 is 2.56 bits per heavy atom. The Labute approximate surface area is 108 Å². The first-order chi connectivity index (χ1) is 8.79. The van der Waals surface area contributed by atoms with E-state index in [1.807, 2.05) is 12.1 Å². The van der Waals surface area contributed by atoms with E-state index in [1.54, 1.807) is 7.11 Å². The van der Waals surface area contributed by atoms with Gasteiger partial charge in [-0.15, -0.1) is 0 Å². The maximum Gasteiger partial charge on any atom is 0.159 e. The van der Waals surface area contributed by atoms with Crippen LogP contribution in [0.3, 0.4) is 0 Å². The molecule has 94 valence electrons. The van der Waals surface area contributed by atoms with Crippen LogP contribution in [0.1, 0.15) is 43.6 Å². The molecule has 0 radical (unpaired) electrons. The molecule has 2 aliphatic carbocycles. The number of carbonyl (C=O) groups is 1. The minimum Gasteiger partial charge on any atom is -0.497 e. The highest BCUT2D eigenvalue weighted by Crippen LogP contribution is 2.44. The van der Waals surface area contributed by atoms with E-state index in [1.165, 1.54) is 24.0 Å². The summed E-state index contributed by atoms with van der Waals surface area (Å²) in [7, 11) is 1.68. The smallest absolute Gasteiger partial charge is 0.159 e. The van der Waals surface area contributed by atoms with Gasteiger partial charge in [0, 0.05) is 12.3 Å². The standard InChI is InChI=1S/C16H18O2/c1-18-12-8-6-11(7-9-12)15-10-16(17)14-5-3-2-4-13(14)15/h6-9,15H,2-5,10H2,1H3. The van der Waals surface area contributed by atoms with Gasteiger partial charge in [0.15, 0.2) is 5.78 Å². The predicted molar refractivity (Wildman–Crippen MR) is 70.9 cm³/mol. The predicted octanol–water partition coefficient (Wildman–Crippen LogP) is 3.62. The molecule has 0 aromatic heterocycles. The quantitative estimate of drug-likeness (QED) is 0.791. The van der Waals surface area contributed by atoms with Gasteiger partial charge in [-0.1, -0.05) is 17.7 Å². The molecule has 1 atom stereocenters. The molecule has 2 heteroatoms. The molecule has 0 fully saturated rings. The highest BCUT2D eigenvalue weighted by atomic mass is 16.5. The molecule has 1 aromatic carbocycles. The fourth-order valence-corrected chi connectivity index (χ4v) is 3.22. The van der Waals surface area contributed by atoms with Crippen molar-refractivity contribution in [3.05, 3.63) is 41.0 Å². The number of hydrogen-bond acceptors (Lipinski definition) is 2. The molecule has 0 bridgehead atoms. The van der Waals surface area contributed by atoms with E-state index in [9.17, 15) is 4.79 Å². The monoisotopic (exact) mass is 242 g/mol. The molecule has 0 spiro atoms. The molecular formula is C16H18O2. The van der Waals surface area contributed by atoms with Gasteiger partial charge in [0.25, 0.3) is 0 Å². The Bertz CT molecular complexity index is 496. The van der Waals surface area contributed by atoms with E-state index in [2.05, 4.69) is 12.1 Å². The third kappa shape index (κ3) is 1.86. The molecule has 0 heterocycles. The molecule has 0 aliphatic heterocycles. The summed E-state index contributed by atoms with van der Waals surface area (Å²) in [5.74, 6) is 1.59. The number of Topliss-reactive ketones (excluding diaryl/α,β-unsaturated/α-hetero) is 1. The van der Waals surface area contributed by atoms with Crippen LogP contribution >= 0.6 is 0 Å². The number of methoxy groups -OCH3 is 1. The van der Waals surface area contributed by atoms with Gasteiger partial charge in [-0.3, -0.25) is 4.79 Å². The summed E-state index contributed by atoms with van der Waals surface area (Å²) in [6.07, 6.45) is 5.20. The van der Waals surface area contributed by atoms with Gasteiger partial charge in [-0.2, -0.15) is 0 Å². The Balaban J connectivity index is 1.92. The second kappa shape index (κ2) is 4.60. The first kappa shape index (κ1) is 11.5. The lowest BCUT2D eigenvalue weighted by molar-refractivity contribution is -0.115. The molecule has 1 unspecified atom stereocenters. The summed E-state index contributed by atoms with van der Waals surface area (Å²) in [5, 5.41) is 0. The van der Waals surface area contributed by atoms with Crippen molar-refractivity contribution in [3.63, 3.8) is 0 Å². The van der Waals surface area contributed by atoms with E-state index in [0.29, 0.717) is 18.1 Å². The van der Waals surface area contributed by atoms with Crippen LogP contribution in [0.2, 0.25) is 0 Å². The Hall–Kier alpha value is -1.57. The van der Waals surface area contributed by atoms with Gasteiger partial charge in [0.05, 0.1) is 7.11 Å². The molecule has 3 rings (SSSR count). The van der Waals surface area contributed by atoms with Crippen LogP contribution in [0.15, 0.2) is 35.4 Å². The number of allylic oxidation sites excluding steroid dienone is 2. The minimum atomic E-state index is 0.332. The Morgan fingerprint density at radius 2 is 1.83 bits per heavy atom. The fraction of sp³-hybridized carbons (Fsp3) is 0.438. The third-order valence-corrected chi connectivity index (χ3v) is 4.18. The lowest BCUT2D eigenvalue weighted by Crippen LogP contribution is -2.02. The van der Waals surface area contributed by atoms with Gasteiger partial charge in [0.2, 0.25) is 0 Å². The molecule has 18 heavy (non-hydrogen) atoms. The largest absolute Gasteiger partial charge is 0.497 e. The molecule has 0 saturated heterocycles. The zero-order valence-electron chi connectivity index (χ0n) is 10.7. The van der Waals surface area contributed by atoms with Gasteiger partial charge in [-0.05, 0) is 49.0 Å². The normalized spacial score (nSPS) is 23.2. The van der Waals surface area contributed by atoms with Crippen molar-refractivity contribution in [1.82, 2.24) is 0 Å². The summed E-state index contributed by atoms with van der Waals surface area (Å²) >= 11 is 0. The maximum atomic E-state index is 12.0. The zero-order valence-corrected chi connectivity index (χ0v) is 10.7. The van der Waals surface area contributed by atoms with Crippen molar-refractivity contribution in [3.8, 4) is 5.75 Å². The second-order valence-electron chi connectivity index (χ2n) is 5.16. The van der Waals surface area contributed by atoms with Gasteiger partial charge in [-0.25, -0.2) is 0 Å². The summed E-state index contributed by atoms with van der Waals surface area (Å²) in [5.41, 5.74) is 3.81. The summed E-state index contributed by atoms with van der Waals surface area (Å²) in [4.78, 5) is 12.0. The van der Waals surface area contributed by atoms with Crippen LogP contribution < -0.4 is 4.74 Å². The number of hydrogen-bond donors (Lipinski definition) is 0. The lowest BCUT2D eigenvalue weighted by atomic mass is 9.86. The molecule has 2 aliphatic rings. The number of ether oxygens (including phenoxy) is 1. The van der Waals surface area contributed by atoms with Gasteiger partial charge >= 0.3 is 0 Å². The van der Waals surface area contributed by atoms with Crippen molar-refractivity contribution in [2.24, 2.45) is 0 Å². The SMILES string of the molecule is COc1ccc(C2CC(=O)C3=C2CCCC3)cc1. The Kier molecular flexibility index (Phi) is 2.94.